The molecule has 0 bridgehead atoms. The van der Waals surface area contributed by atoms with Crippen LogP contribution >= 0.6 is 0 Å². The molecular weight excluding hydrogens is 258 g/mol. The molecule has 3 nitrogen and oxygen atoms in total. The van der Waals surface area contributed by atoms with Crippen LogP contribution in [-0.2, 0) is 0 Å². The summed E-state index contributed by atoms with van der Waals surface area (Å²) >= 11 is 0. The summed E-state index contributed by atoms with van der Waals surface area (Å²) in [7, 11) is 0. The third-order valence-electron chi connectivity index (χ3n) is 4.27. The van der Waals surface area contributed by atoms with Crippen LogP contribution in [0.25, 0.3) is 0 Å². The van der Waals surface area contributed by atoms with Gasteiger partial charge < -0.3 is 5.32 Å². The lowest BCUT2D eigenvalue weighted by Gasteiger charge is -2.36. The van der Waals surface area contributed by atoms with E-state index in [9.17, 15) is 0 Å². The fraction of sp³-hybridized carbons (Fsp3) is 0.389. The van der Waals surface area contributed by atoms with Crippen LogP contribution in [0, 0.1) is 13.8 Å². The highest BCUT2D eigenvalue weighted by Gasteiger charge is 2.24. The van der Waals surface area contributed by atoms with Gasteiger partial charge in [0.15, 0.2) is 0 Å². The molecule has 1 aromatic heterocycles. The Kier molecular flexibility index (Phi) is 4.32. The first-order chi connectivity index (χ1) is 10.3. The maximum Gasteiger partial charge on any atom is 0.0606 e. The van der Waals surface area contributed by atoms with Crippen LogP contribution < -0.4 is 5.32 Å². The van der Waals surface area contributed by atoms with Crippen LogP contribution in [0.2, 0.25) is 0 Å². The molecule has 0 saturated carbocycles. The van der Waals surface area contributed by atoms with Gasteiger partial charge in [-0.2, -0.15) is 0 Å². The van der Waals surface area contributed by atoms with Crippen molar-refractivity contribution in [3.8, 4) is 0 Å². The minimum atomic E-state index is 0.329. The Morgan fingerprint density at radius 1 is 1.05 bits per heavy atom. The summed E-state index contributed by atoms with van der Waals surface area (Å²) in [6.45, 7) is 8.59. The third kappa shape index (κ3) is 3.14. The van der Waals surface area contributed by atoms with Crippen molar-refractivity contribution >= 4 is 0 Å². The SMILES string of the molecule is Cc1ccc(C(c2ccncc2C)N2CCNCC2)cc1. The number of aryl methyl sites for hydroxylation is 2. The lowest BCUT2D eigenvalue weighted by molar-refractivity contribution is 0.198. The van der Waals surface area contributed by atoms with Crippen molar-refractivity contribution in [1.82, 2.24) is 15.2 Å². The highest BCUT2D eigenvalue weighted by Crippen LogP contribution is 2.30. The number of piperazine rings is 1. The highest BCUT2D eigenvalue weighted by atomic mass is 15.2. The van der Waals surface area contributed by atoms with Crippen molar-refractivity contribution in [2.24, 2.45) is 0 Å². The number of rotatable bonds is 3. The summed E-state index contributed by atoms with van der Waals surface area (Å²) in [5.74, 6) is 0. The Morgan fingerprint density at radius 2 is 1.76 bits per heavy atom. The maximum atomic E-state index is 4.25. The second-order valence-electron chi connectivity index (χ2n) is 5.83. The summed E-state index contributed by atoms with van der Waals surface area (Å²) in [4.78, 5) is 6.82. The van der Waals surface area contributed by atoms with E-state index < -0.39 is 0 Å². The molecule has 1 saturated heterocycles. The van der Waals surface area contributed by atoms with Gasteiger partial charge in [0, 0.05) is 38.6 Å². The molecule has 3 rings (SSSR count). The molecule has 1 fully saturated rings. The Morgan fingerprint density at radius 3 is 2.43 bits per heavy atom. The van der Waals surface area contributed by atoms with Crippen LogP contribution in [0.5, 0.6) is 0 Å². The van der Waals surface area contributed by atoms with Crippen molar-refractivity contribution in [3.63, 3.8) is 0 Å². The molecule has 21 heavy (non-hydrogen) atoms. The van der Waals surface area contributed by atoms with E-state index in [-0.39, 0.29) is 0 Å². The topological polar surface area (TPSA) is 28.2 Å². The van der Waals surface area contributed by atoms with Crippen molar-refractivity contribution in [3.05, 3.63) is 65.0 Å². The van der Waals surface area contributed by atoms with Crippen molar-refractivity contribution < 1.29 is 0 Å². The Hall–Kier alpha value is -1.71. The van der Waals surface area contributed by atoms with Crippen molar-refractivity contribution in [1.29, 1.82) is 0 Å². The zero-order chi connectivity index (χ0) is 14.7. The smallest absolute Gasteiger partial charge is 0.0606 e. The molecule has 1 aliphatic heterocycles. The van der Waals surface area contributed by atoms with E-state index in [1.807, 2.05) is 12.4 Å². The molecule has 1 N–H and O–H groups in total. The second-order valence-corrected chi connectivity index (χ2v) is 5.83. The summed E-state index contributed by atoms with van der Waals surface area (Å²) in [6, 6.07) is 11.4. The van der Waals surface area contributed by atoms with Gasteiger partial charge in [-0.1, -0.05) is 29.8 Å². The number of nitrogens with one attached hydrogen (secondary N) is 1. The lowest BCUT2D eigenvalue weighted by Crippen LogP contribution is -2.45. The van der Waals surface area contributed by atoms with E-state index in [0.29, 0.717) is 6.04 Å². The molecule has 2 aromatic rings. The number of aromatic nitrogens is 1. The Labute approximate surface area is 127 Å². The summed E-state index contributed by atoms with van der Waals surface area (Å²) in [6.07, 6.45) is 3.88. The van der Waals surface area contributed by atoms with E-state index in [1.165, 1.54) is 22.3 Å². The zero-order valence-corrected chi connectivity index (χ0v) is 12.8. The van der Waals surface area contributed by atoms with Crippen LogP contribution in [0.4, 0.5) is 0 Å². The monoisotopic (exact) mass is 281 g/mol. The second kappa shape index (κ2) is 6.37. The molecule has 2 heterocycles. The molecule has 1 unspecified atom stereocenters. The summed E-state index contributed by atoms with van der Waals surface area (Å²) in [5, 5.41) is 3.44. The molecule has 0 aliphatic carbocycles. The Bertz CT molecular complexity index is 586. The van der Waals surface area contributed by atoms with E-state index in [1.54, 1.807) is 0 Å². The molecule has 3 heteroatoms. The molecular formula is C18H23N3. The van der Waals surface area contributed by atoms with Gasteiger partial charge in [-0.05, 0) is 36.6 Å². The normalized spacial score (nSPS) is 17.6. The zero-order valence-electron chi connectivity index (χ0n) is 12.8. The standard InChI is InChI=1S/C18H23N3/c1-14-3-5-16(6-4-14)18(21-11-9-19-10-12-21)17-7-8-20-13-15(17)2/h3-8,13,18-19H,9-12H2,1-2H3. The fourth-order valence-corrected chi connectivity index (χ4v) is 3.07. The van der Waals surface area contributed by atoms with Gasteiger partial charge in [0.2, 0.25) is 0 Å². The van der Waals surface area contributed by atoms with Gasteiger partial charge in [0.25, 0.3) is 0 Å². The molecule has 1 atom stereocenters. The first kappa shape index (κ1) is 14.2. The van der Waals surface area contributed by atoms with Gasteiger partial charge in [-0.25, -0.2) is 0 Å². The molecule has 0 spiro atoms. The fourth-order valence-electron chi connectivity index (χ4n) is 3.07. The lowest BCUT2D eigenvalue weighted by atomic mass is 9.94. The van der Waals surface area contributed by atoms with Gasteiger partial charge >= 0.3 is 0 Å². The van der Waals surface area contributed by atoms with Gasteiger partial charge in [-0.3, -0.25) is 9.88 Å². The van der Waals surface area contributed by atoms with E-state index in [4.69, 9.17) is 0 Å². The van der Waals surface area contributed by atoms with E-state index in [0.717, 1.165) is 26.2 Å². The minimum Gasteiger partial charge on any atom is -0.314 e. The number of pyridine rings is 1. The van der Waals surface area contributed by atoms with Gasteiger partial charge in [-0.15, -0.1) is 0 Å². The highest BCUT2D eigenvalue weighted by molar-refractivity contribution is 5.36. The number of nitrogens with zero attached hydrogens (tertiary/aromatic N) is 2. The van der Waals surface area contributed by atoms with Crippen molar-refractivity contribution in [2.75, 3.05) is 26.2 Å². The van der Waals surface area contributed by atoms with E-state index >= 15 is 0 Å². The molecule has 110 valence electrons. The first-order valence-electron chi connectivity index (χ1n) is 7.67. The predicted molar refractivity (Wildman–Crippen MR) is 86.4 cm³/mol. The van der Waals surface area contributed by atoms with Crippen molar-refractivity contribution in [2.45, 2.75) is 19.9 Å². The van der Waals surface area contributed by atoms with Gasteiger partial charge in [0.1, 0.15) is 0 Å². The average Bonchev–Trinajstić information content (AvgIpc) is 2.52. The number of benzene rings is 1. The van der Waals surface area contributed by atoms with Crippen LogP contribution in [0.1, 0.15) is 28.3 Å². The summed E-state index contributed by atoms with van der Waals surface area (Å²) < 4.78 is 0. The largest absolute Gasteiger partial charge is 0.314 e. The van der Waals surface area contributed by atoms with Crippen LogP contribution in [0.3, 0.4) is 0 Å². The Balaban J connectivity index is 2.01. The van der Waals surface area contributed by atoms with Crippen LogP contribution in [0.15, 0.2) is 42.7 Å². The minimum absolute atomic E-state index is 0.329. The number of hydrogen-bond acceptors (Lipinski definition) is 3. The molecule has 0 radical (unpaired) electrons. The number of hydrogen-bond donors (Lipinski definition) is 1. The summed E-state index contributed by atoms with van der Waals surface area (Å²) in [5.41, 5.74) is 5.32. The molecule has 1 aromatic carbocycles. The average molecular weight is 281 g/mol. The van der Waals surface area contributed by atoms with E-state index in [2.05, 4.69) is 59.4 Å². The third-order valence-corrected chi connectivity index (χ3v) is 4.27. The first-order valence-corrected chi connectivity index (χ1v) is 7.67. The molecule has 0 amide bonds. The molecule has 1 aliphatic rings. The maximum absolute atomic E-state index is 4.25. The quantitative estimate of drug-likeness (QED) is 0.937. The van der Waals surface area contributed by atoms with Gasteiger partial charge in [0.05, 0.1) is 6.04 Å². The predicted octanol–water partition coefficient (Wildman–Crippen LogP) is 2.69. The van der Waals surface area contributed by atoms with Crippen LogP contribution in [-0.4, -0.2) is 36.1 Å².